The lowest BCUT2D eigenvalue weighted by atomic mass is 10.1. The normalized spacial score (nSPS) is 11.3. The second-order valence-electron chi connectivity index (χ2n) is 4.49. The average molecular weight is 310 g/mol. The van der Waals surface area contributed by atoms with Gasteiger partial charge >= 0.3 is 0 Å². The highest BCUT2D eigenvalue weighted by atomic mass is 32.2. The van der Waals surface area contributed by atoms with Gasteiger partial charge < -0.3 is 0 Å². The van der Waals surface area contributed by atoms with Crippen LogP contribution < -0.4 is 4.72 Å². The highest BCUT2D eigenvalue weighted by Crippen LogP contribution is 2.14. The van der Waals surface area contributed by atoms with E-state index in [4.69, 9.17) is 0 Å². The molecule has 20 heavy (non-hydrogen) atoms. The van der Waals surface area contributed by atoms with Crippen LogP contribution in [0.15, 0.2) is 29.1 Å². The highest BCUT2D eigenvalue weighted by molar-refractivity contribution is 7.89. The van der Waals surface area contributed by atoms with Gasteiger partial charge in [-0.05, 0) is 25.0 Å². The number of benzene rings is 1. The Bertz CT molecular complexity index is 722. The monoisotopic (exact) mass is 310 g/mol. The first kappa shape index (κ1) is 14.7. The van der Waals surface area contributed by atoms with E-state index in [9.17, 15) is 13.2 Å². The van der Waals surface area contributed by atoms with Gasteiger partial charge in [0.15, 0.2) is 0 Å². The zero-order valence-corrected chi connectivity index (χ0v) is 12.7. The molecule has 0 saturated carbocycles. The molecule has 0 saturated heterocycles. The van der Waals surface area contributed by atoms with Crippen molar-refractivity contribution in [1.82, 2.24) is 9.71 Å². The summed E-state index contributed by atoms with van der Waals surface area (Å²) in [5, 5.41) is 1.50. The van der Waals surface area contributed by atoms with E-state index in [1.54, 1.807) is 0 Å². The molecule has 0 radical (unpaired) electrons. The summed E-state index contributed by atoms with van der Waals surface area (Å²) in [5.74, 6) is -0.923. The largest absolute Gasteiger partial charge is 0.284 e. The molecule has 0 spiro atoms. The van der Waals surface area contributed by atoms with E-state index in [0.29, 0.717) is 5.56 Å². The van der Waals surface area contributed by atoms with E-state index >= 15 is 0 Å². The molecule has 0 atom stereocenters. The molecule has 5 nitrogen and oxygen atoms in total. The second-order valence-corrected chi connectivity index (χ2v) is 6.93. The summed E-state index contributed by atoms with van der Waals surface area (Å²) < 4.78 is 26.1. The van der Waals surface area contributed by atoms with Gasteiger partial charge in [-0.1, -0.05) is 23.8 Å². The van der Waals surface area contributed by atoms with Gasteiger partial charge in [0.25, 0.3) is 5.91 Å². The number of hydrogen-bond acceptors (Lipinski definition) is 5. The lowest BCUT2D eigenvalue weighted by Gasteiger charge is -2.09. The van der Waals surface area contributed by atoms with Crippen LogP contribution in [-0.2, 0) is 15.8 Å². The van der Waals surface area contributed by atoms with Gasteiger partial charge in [0.1, 0.15) is 5.69 Å². The Hall–Kier alpha value is -1.73. The van der Waals surface area contributed by atoms with Crippen LogP contribution in [-0.4, -0.2) is 19.3 Å². The number of aromatic nitrogens is 1. The molecule has 0 aliphatic rings. The number of thiazole rings is 1. The van der Waals surface area contributed by atoms with Crippen molar-refractivity contribution < 1.29 is 13.2 Å². The maximum atomic E-state index is 12.0. The summed E-state index contributed by atoms with van der Waals surface area (Å²) in [4.78, 5) is 15.5. The number of nitrogens with one attached hydrogen (secondary N) is 1. The van der Waals surface area contributed by atoms with E-state index in [0.717, 1.165) is 11.1 Å². The number of nitrogens with zero attached hydrogens (tertiary/aromatic N) is 1. The third-order valence-electron chi connectivity index (χ3n) is 2.76. The fourth-order valence-corrected chi connectivity index (χ4v) is 3.43. The topological polar surface area (TPSA) is 76.1 Å². The van der Waals surface area contributed by atoms with Crippen molar-refractivity contribution >= 4 is 27.3 Å². The summed E-state index contributed by atoms with van der Waals surface area (Å²) in [6, 6.07) is 5.59. The molecule has 2 aromatic rings. The van der Waals surface area contributed by atoms with Gasteiger partial charge in [-0.15, -0.1) is 11.3 Å². The number of carbonyl (C=O) groups excluding carboxylic acids is 1. The molecule has 1 amide bonds. The van der Waals surface area contributed by atoms with Crippen LogP contribution in [0.1, 0.15) is 27.2 Å². The molecule has 0 aliphatic carbocycles. The van der Waals surface area contributed by atoms with Gasteiger partial charge in [0.2, 0.25) is 10.0 Å². The maximum Gasteiger partial charge on any atom is 0.284 e. The first-order valence-corrected chi connectivity index (χ1v) is 8.46. The molecule has 0 bridgehead atoms. The van der Waals surface area contributed by atoms with Crippen molar-refractivity contribution in [2.75, 3.05) is 0 Å². The first-order valence-electron chi connectivity index (χ1n) is 5.86. The van der Waals surface area contributed by atoms with E-state index in [1.807, 2.05) is 36.8 Å². The zero-order valence-electron chi connectivity index (χ0n) is 11.1. The molecular formula is C13H14N2O3S2. The first-order chi connectivity index (χ1) is 9.37. The molecule has 106 valence electrons. The van der Waals surface area contributed by atoms with Crippen molar-refractivity contribution in [3.05, 3.63) is 51.5 Å². The van der Waals surface area contributed by atoms with Gasteiger partial charge in [0.05, 0.1) is 11.3 Å². The fraction of sp³-hybridized carbons (Fsp3) is 0.231. The SMILES string of the molecule is Cc1ccc(C)c(CS(=O)(=O)NC(=O)c2cscn2)c1. The minimum Gasteiger partial charge on any atom is -0.266 e. The number of hydrogen-bond donors (Lipinski definition) is 1. The minimum atomic E-state index is -3.73. The third kappa shape index (κ3) is 3.64. The molecule has 2 rings (SSSR count). The Morgan fingerprint density at radius 2 is 2.10 bits per heavy atom. The van der Waals surface area contributed by atoms with Crippen molar-refractivity contribution in [3.63, 3.8) is 0 Å². The molecule has 1 aromatic heterocycles. The van der Waals surface area contributed by atoms with E-state index in [2.05, 4.69) is 4.98 Å². The lowest BCUT2D eigenvalue weighted by molar-refractivity contribution is 0.0977. The Labute approximate surface area is 121 Å². The van der Waals surface area contributed by atoms with Crippen LogP contribution in [0.2, 0.25) is 0 Å². The Balaban J connectivity index is 2.15. The van der Waals surface area contributed by atoms with Crippen LogP contribution in [0.4, 0.5) is 0 Å². The summed E-state index contributed by atoms with van der Waals surface area (Å²) in [6.45, 7) is 3.73. The predicted octanol–water partition coefficient (Wildman–Crippen LogP) is 2.02. The molecule has 0 aliphatic heterocycles. The number of aryl methyl sites for hydroxylation is 2. The Kier molecular flexibility index (Phi) is 4.20. The van der Waals surface area contributed by atoms with Crippen LogP contribution in [0, 0.1) is 13.8 Å². The number of sulfonamides is 1. The molecule has 0 fully saturated rings. The lowest BCUT2D eigenvalue weighted by Crippen LogP contribution is -2.32. The Morgan fingerprint density at radius 3 is 2.75 bits per heavy atom. The summed E-state index contributed by atoms with van der Waals surface area (Å²) in [7, 11) is -3.73. The van der Waals surface area contributed by atoms with Crippen LogP contribution in [0.3, 0.4) is 0 Å². The number of amides is 1. The molecule has 1 aromatic carbocycles. The van der Waals surface area contributed by atoms with Crippen molar-refractivity contribution in [3.8, 4) is 0 Å². The molecular weight excluding hydrogens is 296 g/mol. The van der Waals surface area contributed by atoms with Crippen LogP contribution in [0.5, 0.6) is 0 Å². The summed E-state index contributed by atoms with van der Waals surface area (Å²) in [6.07, 6.45) is 0. The van der Waals surface area contributed by atoms with Gasteiger partial charge in [-0.3, -0.25) is 4.79 Å². The van der Waals surface area contributed by atoms with Crippen molar-refractivity contribution in [2.24, 2.45) is 0 Å². The van der Waals surface area contributed by atoms with Crippen molar-refractivity contribution in [1.29, 1.82) is 0 Å². The quantitative estimate of drug-likeness (QED) is 0.937. The van der Waals surface area contributed by atoms with Crippen LogP contribution >= 0.6 is 11.3 Å². The standard InChI is InChI=1S/C13H14N2O3S2/c1-9-3-4-10(2)11(5-9)7-20(17,18)15-13(16)12-6-19-8-14-12/h3-6,8H,7H2,1-2H3,(H,15,16). The van der Waals surface area contributed by atoms with E-state index in [1.165, 1.54) is 22.2 Å². The highest BCUT2D eigenvalue weighted by Gasteiger charge is 2.18. The molecule has 0 unspecified atom stereocenters. The van der Waals surface area contributed by atoms with E-state index in [-0.39, 0.29) is 11.4 Å². The molecule has 1 N–H and O–H groups in total. The number of rotatable bonds is 4. The molecule has 7 heteroatoms. The van der Waals surface area contributed by atoms with E-state index < -0.39 is 15.9 Å². The smallest absolute Gasteiger partial charge is 0.266 e. The minimum absolute atomic E-state index is 0.111. The number of carbonyl (C=O) groups is 1. The third-order valence-corrected chi connectivity index (χ3v) is 4.54. The molecule has 1 heterocycles. The second kappa shape index (κ2) is 5.72. The van der Waals surface area contributed by atoms with Gasteiger partial charge in [-0.2, -0.15) is 0 Å². The summed E-state index contributed by atoms with van der Waals surface area (Å²) in [5.41, 5.74) is 4.13. The van der Waals surface area contributed by atoms with Crippen LogP contribution in [0.25, 0.3) is 0 Å². The fourth-order valence-electron chi connectivity index (χ4n) is 1.71. The van der Waals surface area contributed by atoms with Gasteiger partial charge in [0, 0.05) is 5.38 Å². The average Bonchev–Trinajstić information content (AvgIpc) is 2.86. The zero-order chi connectivity index (χ0) is 14.8. The Morgan fingerprint density at radius 1 is 1.35 bits per heavy atom. The predicted molar refractivity (Wildman–Crippen MR) is 78.1 cm³/mol. The summed E-state index contributed by atoms with van der Waals surface area (Å²) >= 11 is 1.24. The van der Waals surface area contributed by atoms with Gasteiger partial charge in [-0.25, -0.2) is 18.1 Å². The maximum absolute atomic E-state index is 12.0. The van der Waals surface area contributed by atoms with Crippen molar-refractivity contribution in [2.45, 2.75) is 19.6 Å².